The fourth-order valence-electron chi connectivity index (χ4n) is 3.42. The van der Waals surface area contributed by atoms with Crippen molar-refractivity contribution in [1.29, 1.82) is 5.26 Å². The van der Waals surface area contributed by atoms with E-state index in [4.69, 9.17) is 21.6 Å². The topological polar surface area (TPSA) is 109 Å². The van der Waals surface area contributed by atoms with Crippen LogP contribution in [-0.2, 0) is 24.4 Å². The van der Waals surface area contributed by atoms with E-state index in [0.29, 0.717) is 42.3 Å². The Balaban J connectivity index is 1.44. The molecular formula is C25H26ClN5O3. The van der Waals surface area contributed by atoms with Crippen molar-refractivity contribution in [3.63, 3.8) is 0 Å². The molecule has 0 bridgehead atoms. The molecule has 0 spiro atoms. The summed E-state index contributed by atoms with van der Waals surface area (Å²) in [5.74, 6) is -0.00560. The van der Waals surface area contributed by atoms with Crippen LogP contribution in [0.5, 0.6) is 5.75 Å². The Hall–Kier alpha value is -3.83. The van der Waals surface area contributed by atoms with Crippen LogP contribution in [0.3, 0.4) is 0 Å². The average molecular weight is 480 g/mol. The van der Waals surface area contributed by atoms with E-state index in [1.165, 1.54) is 0 Å². The largest absolute Gasteiger partial charge is 0.489 e. The Morgan fingerprint density at radius 3 is 2.47 bits per heavy atom. The summed E-state index contributed by atoms with van der Waals surface area (Å²) in [5, 5.41) is 13.8. The molecule has 0 saturated carbocycles. The van der Waals surface area contributed by atoms with Crippen molar-refractivity contribution in [3.8, 4) is 11.8 Å². The third-order valence-corrected chi connectivity index (χ3v) is 5.57. The number of hydrogen-bond donors (Lipinski definition) is 2. The van der Waals surface area contributed by atoms with Gasteiger partial charge in [0.1, 0.15) is 12.4 Å². The van der Waals surface area contributed by atoms with Crippen LogP contribution < -0.4 is 15.6 Å². The fraction of sp³-hybridized carbons (Fsp3) is 0.280. The molecule has 0 fully saturated rings. The normalized spacial score (nSPS) is 10.4. The number of ether oxygens (including phenoxy) is 1. The second kappa shape index (κ2) is 11.9. The summed E-state index contributed by atoms with van der Waals surface area (Å²) in [6.07, 6.45) is 1.07. The summed E-state index contributed by atoms with van der Waals surface area (Å²) in [5.41, 5.74) is 8.98. The van der Waals surface area contributed by atoms with Gasteiger partial charge in [0, 0.05) is 22.7 Å². The van der Waals surface area contributed by atoms with Crippen LogP contribution >= 0.6 is 11.6 Å². The number of aromatic nitrogens is 2. The van der Waals surface area contributed by atoms with Crippen molar-refractivity contribution in [2.75, 3.05) is 0 Å². The number of amides is 2. The molecule has 0 aliphatic heterocycles. The third kappa shape index (κ3) is 6.83. The zero-order valence-corrected chi connectivity index (χ0v) is 19.9. The van der Waals surface area contributed by atoms with E-state index in [0.717, 1.165) is 22.5 Å². The fourth-order valence-corrected chi connectivity index (χ4v) is 3.54. The number of halogens is 1. The highest BCUT2D eigenvalue weighted by Crippen LogP contribution is 2.17. The molecule has 9 heteroatoms. The predicted molar refractivity (Wildman–Crippen MR) is 128 cm³/mol. The van der Waals surface area contributed by atoms with E-state index in [9.17, 15) is 9.59 Å². The molecule has 0 aliphatic rings. The number of aryl methyl sites for hydroxylation is 2. The molecule has 0 saturated heterocycles. The van der Waals surface area contributed by atoms with E-state index in [2.05, 4.69) is 22.0 Å². The van der Waals surface area contributed by atoms with Gasteiger partial charge in [0.25, 0.3) is 5.91 Å². The first kappa shape index (κ1) is 24.8. The van der Waals surface area contributed by atoms with Gasteiger partial charge in [0.15, 0.2) is 0 Å². The smallest absolute Gasteiger partial charge is 0.269 e. The standard InChI is InChI=1S/C25H26ClN5O3/c1-17-23(18(2)31(30-17)15-3-14-27)12-13-24(32)28-29-25(33)20-6-4-19(5-7-20)16-34-22-10-8-21(26)9-11-22/h4-11H,3,12-13,15-16H2,1-2H3,(H,28,32)(H,29,33). The number of benzene rings is 2. The molecule has 2 N–H and O–H groups in total. The van der Waals surface area contributed by atoms with Crippen LogP contribution in [-0.4, -0.2) is 21.6 Å². The van der Waals surface area contributed by atoms with Crippen molar-refractivity contribution < 1.29 is 14.3 Å². The zero-order chi connectivity index (χ0) is 24.5. The van der Waals surface area contributed by atoms with Crippen molar-refractivity contribution in [3.05, 3.63) is 81.6 Å². The highest BCUT2D eigenvalue weighted by Gasteiger charge is 2.14. The lowest BCUT2D eigenvalue weighted by atomic mass is 10.1. The van der Waals surface area contributed by atoms with Crippen molar-refractivity contribution in [1.82, 2.24) is 20.6 Å². The van der Waals surface area contributed by atoms with E-state index >= 15 is 0 Å². The summed E-state index contributed by atoms with van der Waals surface area (Å²) in [7, 11) is 0. The molecule has 3 rings (SSSR count). The van der Waals surface area contributed by atoms with Crippen LogP contribution in [0.4, 0.5) is 0 Å². The Kier molecular flexibility index (Phi) is 8.66. The molecule has 2 aromatic carbocycles. The van der Waals surface area contributed by atoms with Gasteiger partial charge in [-0.3, -0.25) is 25.1 Å². The Labute approximate surface area is 203 Å². The lowest BCUT2D eigenvalue weighted by Crippen LogP contribution is -2.41. The van der Waals surface area contributed by atoms with Gasteiger partial charge in [-0.25, -0.2) is 0 Å². The van der Waals surface area contributed by atoms with Crippen LogP contribution in [0, 0.1) is 25.2 Å². The number of hydrogen-bond acceptors (Lipinski definition) is 5. The number of nitrogens with one attached hydrogen (secondary N) is 2. The average Bonchev–Trinajstić information content (AvgIpc) is 3.11. The minimum absolute atomic E-state index is 0.201. The molecule has 0 aliphatic carbocycles. The Morgan fingerprint density at radius 2 is 1.79 bits per heavy atom. The van der Waals surface area contributed by atoms with Gasteiger partial charge in [0.2, 0.25) is 5.91 Å². The van der Waals surface area contributed by atoms with Gasteiger partial charge < -0.3 is 4.74 Å². The molecular weight excluding hydrogens is 454 g/mol. The van der Waals surface area contributed by atoms with Gasteiger partial charge in [-0.2, -0.15) is 10.4 Å². The summed E-state index contributed by atoms with van der Waals surface area (Å²) in [4.78, 5) is 24.6. The molecule has 0 atom stereocenters. The summed E-state index contributed by atoms with van der Waals surface area (Å²) in [6.45, 7) is 4.69. The number of carbonyl (C=O) groups is 2. The van der Waals surface area contributed by atoms with E-state index in [-0.39, 0.29) is 12.3 Å². The monoisotopic (exact) mass is 479 g/mol. The van der Waals surface area contributed by atoms with Crippen LogP contribution in [0.1, 0.15) is 45.7 Å². The van der Waals surface area contributed by atoms with Gasteiger partial charge in [-0.05, 0) is 67.8 Å². The SMILES string of the molecule is Cc1nn(CCC#N)c(C)c1CCC(=O)NNC(=O)c1ccc(COc2ccc(Cl)cc2)cc1. The molecule has 0 unspecified atom stereocenters. The van der Waals surface area contributed by atoms with Crippen LogP contribution in [0.2, 0.25) is 5.02 Å². The minimum Gasteiger partial charge on any atom is -0.489 e. The van der Waals surface area contributed by atoms with Crippen LogP contribution in [0.15, 0.2) is 48.5 Å². The highest BCUT2D eigenvalue weighted by molar-refractivity contribution is 6.30. The predicted octanol–water partition coefficient (Wildman–Crippen LogP) is 4.04. The molecule has 176 valence electrons. The van der Waals surface area contributed by atoms with Crippen molar-refractivity contribution in [2.24, 2.45) is 0 Å². The third-order valence-electron chi connectivity index (χ3n) is 5.32. The maximum atomic E-state index is 12.3. The second-order valence-electron chi connectivity index (χ2n) is 7.72. The van der Waals surface area contributed by atoms with Crippen molar-refractivity contribution in [2.45, 2.75) is 46.3 Å². The summed E-state index contributed by atoms with van der Waals surface area (Å²) < 4.78 is 7.48. The number of hydrazine groups is 1. The highest BCUT2D eigenvalue weighted by atomic mass is 35.5. The lowest BCUT2D eigenvalue weighted by molar-refractivity contribution is -0.121. The van der Waals surface area contributed by atoms with Gasteiger partial charge in [0.05, 0.1) is 24.7 Å². The molecule has 1 heterocycles. The maximum Gasteiger partial charge on any atom is 0.269 e. The lowest BCUT2D eigenvalue weighted by Gasteiger charge is -2.09. The van der Waals surface area contributed by atoms with E-state index < -0.39 is 5.91 Å². The minimum atomic E-state index is -0.407. The van der Waals surface area contributed by atoms with Crippen molar-refractivity contribution >= 4 is 23.4 Å². The summed E-state index contributed by atoms with van der Waals surface area (Å²) in [6, 6.07) is 16.1. The first-order valence-corrected chi connectivity index (χ1v) is 11.2. The second-order valence-corrected chi connectivity index (χ2v) is 8.16. The van der Waals surface area contributed by atoms with Crippen LogP contribution in [0.25, 0.3) is 0 Å². The quantitative estimate of drug-likeness (QED) is 0.450. The number of carbonyl (C=O) groups excluding carboxylic acids is 2. The number of rotatable bonds is 9. The first-order valence-electron chi connectivity index (χ1n) is 10.8. The molecule has 3 aromatic rings. The van der Waals surface area contributed by atoms with E-state index in [1.807, 2.05) is 13.8 Å². The van der Waals surface area contributed by atoms with E-state index in [1.54, 1.807) is 53.2 Å². The molecule has 8 nitrogen and oxygen atoms in total. The summed E-state index contributed by atoms with van der Waals surface area (Å²) >= 11 is 5.86. The first-order chi connectivity index (χ1) is 16.4. The Bertz CT molecular complexity index is 1180. The van der Waals surface area contributed by atoms with Gasteiger partial charge in [-0.1, -0.05) is 23.7 Å². The number of nitrogens with zero attached hydrogens (tertiary/aromatic N) is 3. The number of nitriles is 1. The van der Waals surface area contributed by atoms with Gasteiger partial charge >= 0.3 is 0 Å². The molecule has 2 amide bonds. The molecule has 1 aromatic heterocycles. The Morgan fingerprint density at radius 1 is 1.09 bits per heavy atom. The van der Waals surface area contributed by atoms with Gasteiger partial charge in [-0.15, -0.1) is 0 Å². The zero-order valence-electron chi connectivity index (χ0n) is 19.1. The molecule has 34 heavy (non-hydrogen) atoms. The maximum absolute atomic E-state index is 12.3. The molecule has 0 radical (unpaired) electrons.